The highest BCUT2D eigenvalue weighted by molar-refractivity contribution is 7.47. The van der Waals surface area contributed by atoms with Crippen molar-refractivity contribution in [2.75, 3.05) is 12.3 Å². The number of H-pyrrole nitrogens is 1. The lowest BCUT2D eigenvalue weighted by atomic mass is 10.1. The lowest BCUT2D eigenvalue weighted by Crippen LogP contribution is -2.36. The Morgan fingerprint density at radius 1 is 1.10 bits per heavy atom. The summed E-state index contributed by atoms with van der Waals surface area (Å²) in [6.07, 6.45) is -7.94. The quantitative estimate of drug-likeness (QED) is 0.122. The third-order valence-corrected chi connectivity index (χ3v) is 8.35. The number of hydrogen-bond donors (Lipinski definition) is 6. The fraction of sp³-hybridized carbons (Fsp3) is 0.500. The first-order chi connectivity index (χ1) is 19.5. The number of aromatic nitrogens is 8. The molecule has 0 spiro atoms. The number of hydrogen-bond acceptors (Lipinski definition) is 15. The first-order valence-corrected chi connectivity index (χ1v) is 13.5. The van der Waals surface area contributed by atoms with Gasteiger partial charge in [-0.25, -0.2) is 33.9 Å². The van der Waals surface area contributed by atoms with Crippen LogP contribution in [0.3, 0.4) is 0 Å². The molecular formula is C20H21FN9O10P. The molecule has 4 aromatic rings. The number of nitrogen functional groups attached to an aromatic ring is 1. The maximum atomic E-state index is 15.5. The number of aliphatic hydroxyl groups excluding tert-OH is 2. The molecule has 7 rings (SSSR count). The third kappa shape index (κ3) is 3.84. The summed E-state index contributed by atoms with van der Waals surface area (Å²) in [5, 5.41) is 31.3. The van der Waals surface area contributed by atoms with Gasteiger partial charge in [0.1, 0.15) is 42.4 Å². The van der Waals surface area contributed by atoms with Gasteiger partial charge in [0.05, 0.1) is 25.6 Å². The summed E-state index contributed by atoms with van der Waals surface area (Å²) in [4.78, 5) is 44.6. The second kappa shape index (κ2) is 9.02. The summed E-state index contributed by atoms with van der Waals surface area (Å²) in [6.45, 7) is -0.676. The highest BCUT2D eigenvalue weighted by Gasteiger charge is 2.80. The SMILES string of the molecule is Nc1ncnc2c1ncn2[C@@H]1O[C@H](CO)[C@@H](O)[C@H]1OP(=O)(O)OC1[C@H]2O[C@@H](n3cnc4c(=O)[nH]cnc43)[C@H](F)[C@@]12O. The number of alkyl halides is 1. The Morgan fingerprint density at radius 3 is 2.51 bits per heavy atom. The molecule has 7 N–H and O–H groups in total. The molecule has 3 fully saturated rings. The molecule has 4 aromatic heterocycles. The summed E-state index contributed by atoms with van der Waals surface area (Å²) in [7, 11) is -5.16. The van der Waals surface area contributed by atoms with Gasteiger partial charge in [0.2, 0.25) is 0 Å². The fourth-order valence-electron chi connectivity index (χ4n) is 5.25. The largest absolute Gasteiger partial charge is 0.473 e. The number of rotatable bonds is 7. The van der Waals surface area contributed by atoms with E-state index in [0.717, 1.165) is 23.5 Å². The number of halogens is 1. The Morgan fingerprint density at radius 2 is 1.80 bits per heavy atom. The predicted molar refractivity (Wildman–Crippen MR) is 128 cm³/mol. The van der Waals surface area contributed by atoms with Crippen molar-refractivity contribution in [2.45, 2.75) is 54.7 Å². The number of ether oxygens (including phenoxy) is 2. The summed E-state index contributed by atoms with van der Waals surface area (Å²) in [5.74, 6) is 0.0403. The minimum Gasteiger partial charge on any atom is -0.394 e. The van der Waals surface area contributed by atoms with E-state index in [1.54, 1.807) is 0 Å². The molecule has 0 bridgehead atoms. The monoisotopic (exact) mass is 597 g/mol. The zero-order chi connectivity index (χ0) is 28.8. The molecule has 2 aliphatic heterocycles. The van der Waals surface area contributed by atoms with Crippen LogP contribution in [0, 0.1) is 0 Å². The molecular weight excluding hydrogens is 576 g/mol. The number of phosphoric acid groups is 1. The average Bonchev–Trinajstić information content (AvgIpc) is 3.46. The normalized spacial score (nSPS) is 36.1. The van der Waals surface area contributed by atoms with E-state index in [1.807, 2.05) is 0 Å². The highest BCUT2D eigenvalue weighted by Crippen LogP contribution is 2.62. The molecule has 19 nitrogen and oxygen atoms in total. The van der Waals surface area contributed by atoms with Gasteiger partial charge in [-0.3, -0.25) is 23.0 Å². The number of anilines is 1. The Bertz CT molecular complexity index is 1770. The molecule has 41 heavy (non-hydrogen) atoms. The number of nitrogens with one attached hydrogen (secondary N) is 1. The van der Waals surface area contributed by atoms with E-state index in [0.29, 0.717) is 0 Å². The summed E-state index contributed by atoms with van der Waals surface area (Å²) < 4.78 is 52.4. The molecule has 2 saturated heterocycles. The minimum atomic E-state index is -5.16. The van der Waals surface area contributed by atoms with Crippen molar-refractivity contribution in [3.8, 4) is 0 Å². The lowest BCUT2D eigenvalue weighted by Gasteiger charge is -2.26. The van der Waals surface area contributed by atoms with Crippen LogP contribution in [0.1, 0.15) is 12.5 Å². The van der Waals surface area contributed by atoms with Gasteiger partial charge < -0.3 is 40.4 Å². The van der Waals surface area contributed by atoms with Crippen LogP contribution in [0.2, 0.25) is 0 Å². The van der Waals surface area contributed by atoms with Crippen molar-refractivity contribution >= 4 is 36.0 Å². The van der Waals surface area contributed by atoms with Crippen LogP contribution in [-0.4, -0.2) is 108 Å². The Balaban J connectivity index is 1.10. The number of phosphoric ester groups is 1. The summed E-state index contributed by atoms with van der Waals surface area (Å²) in [5.41, 5.74) is 3.14. The number of aliphatic hydroxyl groups is 3. The average molecular weight is 597 g/mol. The number of aromatic amines is 1. The van der Waals surface area contributed by atoms with Crippen LogP contribution >= 0.6 is 7.82 Å². The summed E-state index contributed by atoms with van der Waals surface area (Å²) >= 11 is 0. The van der Waals surface area contributed by atoms with E-state index in [9.17, 15) is 29.6 Å². The van der Waals surface area contributed by atoms with Gasteiger partial charge in [0.25, 0.3) is 5.56 Å². The maximum Gasteiger partial charge on any atom is 0.473 e. The molecule has 3 aliphatic rings. The van der Waals surface area contributed by atoms with Crippen LogP contribution in [0.15, 0.2) is 30.1 Å². The van der Waals surface area contributed by atoms with Gasteiger partial charge in [-0.2, -0.15) is 0 Å². The Kier molecular flexibility index (Phi) is 5.82. The van der Waals surface area contributed by atoms with E-state index < -0.39 is 74.7 Å². The number of imidazole rings is 2. The van der Waals surface area contributed by atoms with Crippen molar-refractivity contribution in [3.05, 3.63) is 35.7 Å². The van der Waals surface area contributed by atoms with Gasteiger partial charge in [-0.1, -0.05) is 0 Å². The molecule has 218 valence electrons. The van der Waals surface area contributed by atoms with Gasteiger partial charge in [-0.05, 0) is 0 Å². The fourth-order valence-corrected chi connectivity index (χ4v) is 6.41. The first-order valence-electron chi connectivity index (χ1n) is 12.0. The van der Waals surface area contributed by atoms with Gasteiger partial charge in [-0.15, -0.1) is 0 Å². The zero-order valence-electron chi connectivity index (χ0n) is 20.4. The van der Waals surface area contributed by atoms with Crippen LogP contribution in [-0.2, 0) is 23.1 Å². The highest BCUT2D eigenvalue weighted by atomic mass is 31.2. The molecule has 21 heteroatoms. The van der Waals surface area contributed by atoms with Crippen molar-refractivity contribution in [1.29, 1.82) is 0 Å². The Hall–Kier alpha value is -3.46. The van der Waals surface area contributed by atoms with Gasteiger partial charge >= 0.3 is 7.82 Å². The molecule has 0 amide bonds. The smallest absolute Gasteiger partial charge is 0.394 e. The predicted octanol–water partition coefficient (Wildman–Crippen LogP) is -2.36. The number of nitrogens with two attached hydrogens (primary N) is 1. The van der Waals surface area contributed by atoms with Crippen molar-refractivity contribution in [3.63, 3.8) is 0 Å². The van der Waals surface area contributed by atoms with E-state index in [1.165, 1.54) is 10.9 Å². The van der Waals surface area contributed by atoms with E-state index in [-0.39, 0.29) is 28.1 Å². The Labute approximate surface area is 225 Å². The molecule has 1 saturated carbocycles. The maximum absolute atomic E-state index is 15.5. The third-order valence-electron chi connectivity index (χ3n) is 7.35. The summed E-state index contributed by atoms with van der Waals surface area (Å²) in [6, 6.07) is 0. The molecule has 2 unspecified atom stereocenters. The van der Waals surface area contributed by atoms with Crippen molar-refractivity contribution in [2.24, 2.45) is 0 Å². The molecule has 1 aliphatic carbocycles. The molecule has 0 radical (unpaired) electrons. The second-order valence-electron chi connectivity index (χ2n) is 9.68. The molecule has 10 atom stereocenters. The van der Waals surface area contributed by atoms with E-state index in [2.05, 4.69) is 29.9 Å². The lowest BCUT2D eigenvalue weighted by molar-refractivity contribution is -0.0702. The van der Waals surface area contributed by atoms with Crippen molar-refractivity contribution in [1.82, 2.24) is 39.0 Å². The van der Waals surface area contributed by atoms with Crippen LogP contribution < -0.4 is 11.3 Å². The van der Waals surface area contributed by atoms with Crippen molar-refractivity contribution < 1.29 is 47.7 Å². The van der Waals surface area contributed by atoms with E-state index >= 15 is 4.39 Å². The topological polar surface area (TPSA) is 268 Å². The second-order valence-corrected chi connectivity index (χ2v) is 11.0. The van der Waals surface area contributed by atoms with Gasteiger partial charge in [0, 0.05) is 0 Å². The number of fused-ring (bicyclic) bond motifs is 3. The van der Waals surface area contributed by atoms with Gasteiger partial charge in [0.15, 0.2) is 46.9 Å². The van der Waals surface area contributed by atoms with Crippen LogP contribution in [0.25, 0.3) is 22.3 Å². The molecule has 0 aromatic carbocycles. The first kappa shape index (κ1) is 26.4. The van der Waals surface area contributed by atoms with Crippen LogP contribution in [0.5, 0.6) is 0 Å². The number of nitrogens with zero attached hydrogens (tertiary/aromatic N) is 7. The zero-order valence-corrected chi connectivity index (χ0v) is 21.3. The standard InChI is InChI=1S/C20H21FN9O10P/c21-11-19(30-5-28-8-16(30)25-3-26-17(8)33)38-12-13(20(11,12)34)40-41(35,36)39-10-9(32)6(1-31)37-18(10)29-4-27-7-14(22)23-2-24-15(7)29/h2-6,9-13,18-19,31-32,34H,1H2,(H,35,36)(H2,22,23,24)(H,25,26,33)/t6-,9-,10-,11+,12-,13?,18-,19-,20+/m1/s1. The molecule has 6 heterocycles. The van der Waals surface area contributed by atoms with E-state index in [4.69, 9.17) is 24.3 Å². The van der Waals surface area contributed by atoms with Crippen LogP contribution in [0.4, 0.5) is 10.2 Å². The minimum absolute atomic E-state index is 0.00122.